The van der Waals surface area contributed by atoms with Crippen LogP contribution in [0.15, 0.2) is 0 Å². The van der Waals surface area contributed by atoms with Gasteiger partial charge in [-0.1, -0.05) is 13.8 Å². The molecule has 0 aliphatic carbocycles. The van der Waals surface area contributed by atoms with E-state index < -0.39 is 35.7 Å². The second-order valence-corrected chi connectivity index (χ2v) is 3.70. The van der Waals surface area contributed by atoms with Crippen LogP contribution >= 0.6 is 0 Å². The Bertz CT molecular complexity index is 324. The monoisotopic (exact) mass is 263 g/mol. The summed E-state index contributed by atoms with van der Waals surface area (Å²) >= 11 is 0. The molecule has 0 fully saturated rings. The maximum Gasteiger partial charge on any atom is 0.372 e. The number of hydrogen-bond acceptors (Lipinski definition) is 5. The van der Waals surface area contributed by atoms with E-state index in [2.05, 4.69) is 0 Å². The summed E-state index contributed by atoms with van der Waals surface area (Å²) < 4.78 is 0. The van der Waals surface area contributed by atoms with Crippen LogP contribution in [0.25, 0.3) is 0 Å². The van der Waals surface area contributed by atoms with Gasteiger partial charge in [-0.15, -0.1) is 0 Å². The molecule has 0 aliphatic rings. The summed E-state index contributed by atoms with van der Waals surface area (Å²) in [6.07, 6.45) is -0.224. The van der Waals surface area contributed by atoms with Crippen molar-refractivity contribution in [2.75, 3.05) is 0 Å². The molecule has 5 N–H and O–H groups in total. The molecule has 0 bridgehead atoms. The summed E-state index contributed by atoms with van der Waals surface area (Å²) in [5.74, 6) is -4.67. The molecule has 0 rings (SSSR count). The predicted molar refractivity (Wildman–Crippen MR) is 60.0 cm³/mol. The van der Waals surface area contributed by atoms with Crippen LogP contribution < -0.4 is 5.73 Å². The normalized spacial score (nSPS) is 11.1. The number of nitrogens with two attached hydrogens (primary N) is 1. The topological polar surface area (TPSA) is 155 Å². The van der Waals surface area contributed by atoms with Crippen LogP contribution in [0.5, 0.6) is 0 Å². The third kappa shape index (κ3) is 10.6. The van der Waals surface area contributed by atoms with Crippen molar-refractivity contribution in [2.24, 2.45) is 11.7 Å². The first-order valence-electron chi connectivity index (χ1n) is 5.06. The molecule has 0 amide bonds. The van der Waals surface area contributed by atoms with Gasteiger partial charge >= 0.3 is 17.9 Å². The van der Waals surface area contributed by atoms with E-state index >= 15 is 0 Å². The number of rotatable bonds is 6. The minimum Gasteiger partial charge on any atom is -0.481 e. The van der Waals surface area contributed by atoms with E-state index in [4.69, 9.17) is 21.1 Å². The molecule has 0 aromatic rings. The second kappa shape index (κ2) is 9.11. The molecular formula is C10H17NO7. The van der Waals surface area contributed by atoms with Crippen LogP contribution in [0, 0.1) is 5.92 Å². The zero-order valence-corrected chi connectivity index (χ0v) is 10.1. The average molecular weight is 263 g/mol. The van der Waals surface area contributed by atoms with Crippen molar-refractivity contribution in [2.45, 2.75) is 32.7 Å². The molecule has 8 nitrogen and oxygen atoms in total. The lowest BCUT2D eigenvalue weighted by Gasteiger charge is -2.01. The van der Waals surface area contributed by atoms with Gasteiger partial charge in [0.2, 0.25) is 5.78 Å². The van der Waals surface area contributed by atoms with Gasteiger partial charge in [-0.3, -0.25) is 14.4 Å². The molecule has 0 heterocycles. The van der Waals surface area contributed by atoms with Crippen LogP contribution in [0.4, 0.5) is 0 Å². The van der Waals surface area contributed by atoms with Crippen molar-refractivity contribution < 1.29 is 34.5 Å². The highest BCUT2D eigenvalue weighted by atomic mass is 16.4. The summed E-state index contributed by atoms with van der Waals surface area (Å²) in [6, 6.07) is -1.06. The van der Waals surface area contributed by atoms with Gasteiger partial charge in [0.1, 0.15) is 6.04 Å². The molecule has 0 aliphatic heterocycles. The van der Waals surface area contributed by atoms with Crippen molar-refractivity contribution in [1.82, 2.24) is 0 Å². The number of ketones is 1. The van der Waals surface area contributed by atoms with E-state index in [0.29, 0.717) is 0 Å². The third-order valence-corrected chi connectivity index (χ3v) is 1.72. The maximum atomic E-state index is 10.2. The smallest absolute Gasteiger partial charge is 0.372 e. The molecule has 0 saturated heterocycles. The first-order chi connectivity index (χ1) is 8.09. The summed E-state index contributed by atoms with van der Waals surface area (Å²) in [7, 11) is 0. The highest BCUT2D eigenvalue weighted by molar-refractivity contribution is 6.33. The van der Waals surface area contributed by atoms with Crippen LogP contribution in [0.3, 0.4) is 0 Å². The Hall–Kier alpha value is -1.96. The van der Waals surface area contributed by atoms with E-state index in [1.807, 2.05) is 0 Å². The minimum absolute atomic E-state index is 0.0231. The van der Waals surface area contributed by atoms with Crippen molar-refractivity contribution >= 4 is 23.7 Å². The second-order valence-electron chi connectivity index (χ2n) is 3.70. The van der Waals surface area contributed by atoms with Gasteiger partial charge < -0.3 is 21.1 Å². The van der Waals surface area contributed by atoms with Gasteiger partial charge in [-0.2, -0.15) is 0 Å². The maximum absolute atomic E-state index is 10.2. The molecule has 8 heteroatoms. The summed E-state index contributed by atoms with van der Waals surface area (Å²) in [5, 5.41) is 24.3. The Balaban J connectivity index is 0. The van der Waals surface area contributed by atoms with Gasteiger partial charge in [0.25, 0.3) is 0 Å². The molecule has 0 spiro atoms. The van der Waals surface area contributed by atoms with Gasteiger partial charge in [-0.25, -0.2) is 4.79 Å². The van der Waals surface area contributed by atoms with E-state index in [0.717, 1.165) is 0 Å². The quantitative estimate of drug-likeness (QED) is 0.470. The Labute approximate surface area is 103 Å². The van der Waals surface area contributed by atoms with Crippen LogP contribution in [-0.2, 0) is 19.2 Å². The fraction of sp³-hybridized carbons (Fsp3) is 0.600. The zero-order valence-electron chi connectivity index (χ0n) is 10.1. The van der Waals surface area contributed by atoms with E-state index in [1.54, 1.807) is 13.8 Å². The number of carboxylic acid groups (broad SMARTS) is 3. The number of hydrogen-bond donors (Lipinski definition) is 4. The zero-order chi connectivity index (χ0) is 14.9. The first kappa shape index (κ1) is 18.4. The standard InChI is InChI=1S/C5H9NO4.C5H8O3/c6-3(5(9)10)1-2-4(7)8;1-3(2)4(6)5(7)8/h3H,1-2,6H2,(H,7,8)(H,9,10);3H,1-2H3,(H,7,8)/t3-;/m0./s1. The van der Waals surface area contributed by atoms with Gasteiger partial charge in [0, 0.05) is 12.3 Å². The fourth-order valence-corrected chi connectivity index (χ4v) is 0.649. The lowest BCUT2D eigenvalue weighted by Crippen LogP contribution is -2.30. The number of carboxylic acids is 3. The first-order valence-corrected chi connectivity index (χ1v) is 5.06. The molecule has 1 atom stereocenters. The SMILES string of the molecule is CC(C)C(=O)C(=O)O.N[C@@H](CCC(=O)O)C(=O)O. The van der Waals surface area contributed by atoms with Crippen molar-refractivity contribution in [1.29, 1.82) is 0 Å². The number of carbonyl (C=O) groups is 4. The van der Waals surface area contributed by atoms with Crippen LogP contribution in [-0.4, -0.2) is 45.1 Å². The molecule has 0 radical (unpaired) electrons. The van der Waals surface area contributed by atoms with Crippen molar-refractivity contribution in [3.05, 3.63) is 0 Å². The molecule has 104 valence electrons. The number of Topliss-reactive ketones (excluding diaryl/α,β-unsaturated/α-hetero) is 1. The third-order valence-electron chi connectivity index (χ3n) is 1.72. The Kier molecular flexibility index (Phi) is 9.32. The molecule has 0 saturated carbocycles. The molecule has 18 heavy (non-hydrogen) atoms. The molecular weight excluding hydrogens is 246 g/mol. The largest absolute Gasteiger partial charge is 0.481 e. The van der Waals surface area contributed by atoms with Crippen molar-refractivity contribution in [3.63, 3.8) is 0 Å². The Morgan fingerprint density at radius 3 is 1.67 bits per heavy atom. The summed E-state index contributed by atoms with van der Waals surface area (Å²) in [4.78, 5) is 39.9. The van der Waals surface area contributed by atoms with E-state index in [9.17, 15) is 19.2 Å². The van der Waals surface area contributed by atoms with Gasteiger partial charge in [0.05, 0.1) is 0 Å². The van der Waals surface area contributed by atoms with Crippen LogP contribution in [0.2, 0.25) is 0 Å². The number of aliphatic carboxylic acids is 3. The average Bonchev–Trinajstić information content (AvgIpc) is 2.24. The van der Waals surface area contributed by atoms with Crippen LogP contribution in [0.1, 0.15) is 26.7 Å². The van der Waals surface area contributed by atoms with E-state index in [1.165, 1.54) is 0 Å². The Morgan fingerprint density at radius 2 is 1.50 bits per heavy atom. The summed E-state index contributed by atoms with van der Waals surface area (Å²) in [6.45, 7) is 3.10. The van der Waals surface area contributed by atoms with Crippen molar-refractivity contribution in [3.8, 4) is 0 Å². The predicted octanol–water partition coefficient (Wildman–Crippen LogP) is -0.441. The Morgan fingerprint density at radius 1 is 1.06 bits per heavy atom. The highest BCUT2D eigenvalue weighted by Crippen LogP contribution is 1.93. The fourth-order valence-electron chi connectivity index (χ4n) is 0.649. The minimum atomic E-state index is -1.35. The molecule has 0 aromatic heterocycles. The van der Waals surface area contributed by atoms with Gasteiger partial charge in [0.15, 0.2) is 0 Å². The van der Waals surface area contributed by atoms with E-state index in [-0.39, 0.29) is 12.8 Å². The lowest BCUT2D eigenvalue weighted by atomic mass is 10.1. The summed E-state index contributed by atoms with van der Waals surface area (Å²) in [5.41, 5.74) is 5.00. The number of carbonyl (C=O) groups excluding carboxylic acids is 1. The highest BCUT2D eigenvalue weighted by Gasteiger charge is 2.14. The molecule has 0 aromatic carbocycles. The molecule has 0 unspecified atom stereocenters. The van der Waals surface area contributed by atoms with Gasteiger partial charge in [-0.05, 0) is 6.42 Å². The lowest BCUT2D eigenvalue weighted by molar-refractivity contribution is -0.150.